The number of benzene rings is 1. The summed E-state index contributed by atoms with van der Waals surface area (Å²) in [6, 6.07) is 4.46. The van der Waals surface area contributed by atoms with Crippen LogP contribution in [-0.2, 0) is 9.53 Å². The predicted molar refractivity (Wildman–Crippen MR) is 82.2 cm³/mol. The lowest BCUT2D eigenvalue weighted by atomic mass is 10.1. The fourth-order valence-electron chi connectivity index (χ4n) is 1.82. The van der Waals surface area contributed by atoms with Crippen LogP contribution in [0.5, 0.6) is 5.75 Å². The maximum atomic E-state index is 11.7. The Labute approximate surface area is 130 Å². The number of carbonyl (C=O) groups is 2. The van der Waals surface area contributed by atoms with Crippen LogP contribution in [0.1, 0.15) is 31.9 Å². The topological polar surface area (TPSA) is 84.9 Å². The van der Waals surface area contributed by atoms with Gasteiger partial charge in [-0.05, 0) is 45.7 Å². The van der Waals surface area contributed by atoms with Crippen LogP contribution in [0.3, 0.4) is 0 Å². The van der Waals surface area contributed by atoms with Crippen molar-refractivity contribution in [1.82, 2.24) is 5.32 Å². The van der Waals surface area contributed by atoms with Gasteiger partial charge < -0.3 is 19.9 Å². The first kappa shape index (κ1) is 17.8. The number of carboxylic acid groups (broad SMARTS) is 1. The summed E-state index contributed by atoms with van der Waals surface area (Å²) in [5.41, 5.74) is 1.11. The molecule has 0 aliphatic heterocycles. The quantitative estimate of drug-likeness (QED) is 0.873. The van der Waals surface area contributed by atoms with Gasteiger partial charge in [-0.15, -0.1) is 0 Å². The summed E-state index contributed by atoms with van der Waals surface area (Å²) in [5.74, 6) is -0.558. The molecule has 0 saturated carbocycles. The van der Waals surface area contributed by atoms with E-state index < -0.39 is 23.7 Å². The fraction of sp³-hybridized carbons (Fsp3) is 0.500. The first-order valence-electron chi connectivity index (χ1n) is 7.01. The zero-order chi connectivity index (χ0) is 16.9. The van der Waals surface area contributed by atoms with Crippen molar-refractivity contribution in [2.75, 3.05) is 6.61 Å². The van der Waals surface area contributed by atoms with Crippen LogP contribution in [0.15, 0.2) is 18.2 Å². The molecule has 0 fully saturated rings. The molecule has 1 aromatic rings. The van der Waals surface area contributed by atoms with Crippen molar-refractivity contribution >= 4 is 12.1 Å². The Hall–Kier alpha value is -2.24. The zero-order valence-electron chi connectivity index (χ0n) is 13.6. The number of hydrogen-bond acceptors (Lipinski definition) is 4. The Morgan fingerprint density at radius 2 is 1.77 bits per heavy atom. The highest BCUT2D eigenvalue weighted by Gasteiger charge is 2.25. The van der Waals surface area contributed by atoms with Gasteiger partial charge in [-0.3, -0.25) is 0 Å². The van der Waals surface area contributed by atoms with E-state index in [0.717, 1.165) is 11.1 Å². The van der Waals surface area contributed by atoms with Crippen LogP contribution in [0.25, 0.3) is 0 Å². The van der Waals surface area contributed by atoms with E-state index in [-0.39, 0.29) is 6.61 Å². The van der Waals surface area contributed by atoms with Gasteiger partial charge in [0.15, 0.2) is 6.04 Å². The first-order valence-corrected chi connectivity index (χ1v) is 7.01. The number of amides is 1. The number of carbonyl (C=O) groups excluding carboxylic acids is 1. The van der Waals surface area contributed by atoms with Crippen molar-refractivity contribution in [3.05, 3.63) is 29.3 Å². The summed E-state index contributed by atoms with van der Waals surface area (Å²) in [7, 11) is 0. The Kier molecular flexibility index (Phi) is 5.79. The minimum Gasteiger partial charge on any atom is -0.490 e. The first-order chi connectivity index (χ1) is 10.1. The van der Waals surface area contributed by atoms with E-state index in [4.69, 9.17) is 9.47 Å². The minimum atomic E-state index is -1.19. The second-order valence-corrected chi connectivity index (χ2v) is 6.07. The number of aliphatic carboxylic acids is 1. The van der Waals surface area contributed by atoms with Crippen LogP contribution in [0, 0.1) is 13.8 Å². The summed E-state index contributed by atoms with van der Waals surface area (Å²) in [5, 5.41) is 11.5. The second-order valence-electron chi connectivity index (χ2n) is 6.07. The highest BCUT2D eigenvalue weighted by atomic mass is 16.6. The van der Waals surface area contributed by atoms with E-state index in [9.17, 15) is 14.7 Å². The molecule has 0 radical (unpaired) electrons. The van der Waals surface area contributed by atoms with Gasteiger partial charge in [0.25, 0.3) is 0 Å². The lowest BCUT2D eigenvalue weighted by Crippen LogP contribution is -2.46. The molecular formula is C16H23NO5. The molecule has 0 aliphatic rings. The molecule has 1 atom stereocenters. The molecule has 2 N–H and O–H groups in total. The Bertz CT molecular complexity index is 528. The maximum absolute atomic E-state index is 11.7. The van der Waals surface area contributed by atoms with Crippen LogP contribution in [-0.4, -0.2) is 35.4 Å². The Morgan fingerprint density at radius 1 is 1.23 bits per heavy atom. The van der Waals surface area contributed by atoms with Crippen LogP contribution in [0.2, 0.25) is 0 Å². The third-order valence-electron chi connectivity index (χ3n) is 2.79. The maximum Gasteiger partial charge on any atom is 0.408 e. The third-order valence-corrected chi connectivity index (χ3v) is 2.79. The summed E-state index contributed by atoms with van der Waals surface area (Å²) in [6.45, 7) is 8.68. The minimum absolute atomic E-state index is 0.180. The third kappa shape index (κ3) is 5.63. The fourth-order valence-corrected chi connectivity index (χ4v) is 1.82. The molecule has 6 heteroatoms. The molecule has 0 saturated heterocycles. The van der Waals surface area contributed by atoms with E-state index in [0.29, 0.717) is 5.75 Å². The molecule has 0 spiro atoms. The number of para-hydroxylation sites is 1. The van der Waals surface area contributed by atoms with E-state index in [1.54, 1.807) is 20.8 Å². The molecule has 1 amide bonds. The number of nitrogens with one attached hydrogen (secondary N) is 1. The van der Waals surface area contributed by atoms with Gasteiger partial charge in [-0.2, -0.15) is 0 Å². The van der Waals surface area contributed by atoms with Crippen molar-refractivity contribution < 1.29 is 24.2 Å². The summed E-state index contributed by atoms with van der Waals surface area (Å²) < 4.78 is 10.6. The number of ether oxygens (including phenoxy) is 2. The van der Waals surface area contributed by atoms with Gasteiger partial charge in [0.1, 0.15) is 18.0 Å². The van der Waals surface area contributed by atoms with E-state index in [1.165, 1.54) is 0 Å². The zero-order valence-corrected chi connectivity index (χ0v) is 13.6. The molecule has 0 heterocycles. The van der Waals surface area contributed by atoms with Crippen molar-refractivity contribution in [3.8, 4) is 5.75 Å². The van der Waals surface area contributed by atoms with Crippen LogP contribution >= 0.6 is 0 Å². The highest BCUT2D eigenvalue weighted by Crippen LogP contribution is 2.22. The molecule has 1 rings (SSSR count). The highest BCUT2D eigenvalue weighted by molar-refractivity contribution is 5.80. The van der Waals surface area contributed by atoms with Gasteiger partial charge in [0.2, 0.25) is 0 Å². The second kappa shape index (κ2) is 7.15. The number of alkyl carbamates (subject to hydrolysis) is 1. The van der Waals surface area contributed by atoms with Crippen molar-refractivity contribution in [3.63, 3.8) is 0 Å². The Morgan fingerprint density at radius 3 is 2.23 bits per heavy atom. The molecule has 0 bridgehead atoms. The van der Waals surface area contributed by atoms with Crippen LogP contribution < -0.4 is 10.1 Å². The Balaban J connectivity index is 2.70. The number of carboxylic acids is 1. The molecule has 1 aromatic carbocycles. The monoisotopic (exact) mass is 309 g/mol. The lowest BCUT2D eigenvalue weighted by Gasteiger charge is -2.22. The molecule has 6 nitrogen and oxygen atoms in total. The molecule has 0 aliphatic carbocycles. The van der Waals surface area contributed by atoms with Gasteiger partial charge in [-0.1, -0.05) is 18.2 Å². The molecule has 0 unspecified atom stereocenters. The normalized spacial score (nSPS) is 12.4. The van der Waals surface area contributed by atoms with Crippen LogP contribution in [0.4, 0.5) is 4.79 Å². The van der Waals surface area contributed by atoms with Crippen molar-refractivity contribution in [1.29, 1.82) is 0 Å². The summed E-state index contributed by atoms with van der Waals surface area (Å²) in [4.78, 5) is 22.9. The average Bonchev–Trinajstić information content (AvgIpc) is 2.34. The largest absolute Gasteiger partial charge is 0.490 e. The molecular weight excluding hydrogens is 286 g/mol. The average molecular weight is 309 g/mol. The van der Waals surface area contributed by atoms with Crippen molar-refractivity contribution in [2.24, 2.45) is 0 Å². The molecule has 22 heavy (non-hydrogen) atoms. The van der Waals surface area contributed by atoms with E-state index in [1.807, 2.05) is 32.0 Å². The van der Waals surface area contributed by atoms with Gasteiger partial charge in [0.05, 0.1) is 0 Å². The standard InChI is InChI=1S/C16H23NO5/c1-10-7-6-8-11(2)13(10)21-9-12(14(18)19)17-15(20)22-16(3,4)5/h6-8,12H,9H2,1-5H3,(H,17,20)(H,18,19)/t12-/m0/s1. The van der Waals surface area contributed by atoms with E-state index >= 15 is 0 Å². The van der Waals surface area contributed by atoms with Gasteiger partial charge >= 0.3 is 12.1 Å². The smallest absolute Gasteiger partial charge is 0.408 e. The van der Waals surface area contributed by atoms with E-state index in [2.05, 4.69) is 5.32 Å². The van der Waals surface area contributed by atoms with Crippen molar-refractivity contribution in [2.45, 2.75) is 46.3 Å². The lowest BCUT2D eigenvalue weighted by molar-refractivity contribution is -0.140. The van der Waals surface area contributed by atoms with Gasteiger partial charge in [0, 0.05) is 0 Å². The summed E-state index contributed by atoms with van der Waals surface area (Å²) in [6.07, 6.45) is -0.787. The summed E-state index contributed by atoms with van der Waals surface area (Å²) >= 11 is 0. The molecule has 122 valence electrons. The SMILES string of the molecule is Cc1cccc(C)c1OC[C@H](NC(=O)OC(C)(C)C)C(=O)O. The predicted octanol–water partition coefficient (Wildman–Crippen LogP) is 2.66. The number of hydrogen-bond donors (Lipinski definition) is 2. The number of rotatable bonds is 5. The number of aryl methyl sites for hydroxylation is 2. The van der Waals surface area contributed by atoms with Gasteiger partial charge in [-0.25, -0.2) is 9.59 Å². The molecule has 0 aromatic heterocycles.